The number of hydrogen-bond donors (Lipinski definition) is 0. The van der Waals surface area contributed by atoms with Gasteiger partial charge < -0.3 is 9.30 Å². The minimum atomic E-state index is -0.271. The van der Waals surface area contributed by atoms with E-state index in [0.29, 0.717) is 18.8 Å². The van der Waals surface area contributed by atoms with Gasteiger partial charge in [0.1, 0.15) is 12.3 Å². The number of hydrogen-bond acceptors (Lipinski definition) is 5. The van der Waals surface area contributed by atoms with Crippen LogP contribution in [-0.2, 0) is 4.74 Å². The van der Waals surface area contributed by atoms with Crippen molar-refractivity contribution < 1.29 is 9.53 Å². The fourth-order valence-electron chi connectivity index (χ4n) is 5.13. The molecule has 2 aliphatic rings. The van der Waals surface area contributed by atoms with Crippen LogP contribution in [0.4, 0.5) is 0 Å². The van der Waals surface area contributed by atoms with Crippen LogP contribution in [0, 0.1) is 0 Å². The largest absolute Gasteiger partial charge is 0.460 e. The number of esters is 1. The van der Waals surface area contributed by atoms with E-state index in [4.69, 9.17) is 4.74 Å². The smallest absolute Gasteiger partial charge is 0.355 e. The van der Waals surface area contributed by atoms with Crippen LogP contribution in [0.15, 0.2) is 60.7 Å². The fraction of sp³-hybridized carbons (Fsp3) is 0.464. The Morgan fingerprint density at radius 1 is 0.829 bits per heavy atom. The lowest BCUT2D eigenvalue weighted by molar-refractivity contribution is -0.201. The maximum absolute atomic E-state index is 13.3. The molecule has 0 radical (unpaired) electrons. The van der Waals surface area contributed by atoms with Gasteiger partial charge >= 0.3 is 5.97 Å². The van der Waals surface area contributed by atoms with Crippen LogP contribution < -0.4 is 0 Å². The number of halogens is 1. The van der Waals surface area contributed by atoms with E-state index in [1.165, 1.54) is 38.5 Å². The maximum atomic E-state index is 13.3. The Morgan fingerprint density at radius 2 is 1.40 bits per heavy atom. The van der Waals surface area contributed by atoms with Crippen LogP contribution in [0.1, 0.15) is 49.0 Å². The molecule has 35 heavy (non-hydrogen) atoms. The lowest BCUT2D eigenvalue weighted by atomic mass is 10.1. The molecule has 0 amide bonds. The van der Waals surface area contributed by atoms with E-state index in [-0.39, 0.29) is 5.97 Å². The zero-order valence-corrected chi connectivity index (χ0v) is 22.9. The first-order valence-corrected chi connectivity index (χ1v) is 14.9. The monoisotopic (exact) mass is 588 g/mol. The number of rotatable bonds is 7. The van der Waals surface area contributed by atoms with E-state index in [0.717, 1.165) is 42.8 Å². The molecule has 3 aromatic rings. The third kappa shape index (κ3) is 6.44. The van der Waals surface area contributed by atoms with E-state index < -0.39 is 0 Å². The molecule has 0 spiro atoms. The molecule has 1 aromatic heterocycles. The molecule has 3 heterocycles. The zero-order chi connectivity index (χ0) is 24.5. The van der Waals surface area contributed by atoms with E-state index >= 15 is 0 Å². The first-order valence-electron chi connectivity index (χ1n) is 12.8. The molecule has 2 saturated heterocycles. The summed E-state index contributed by atoms with van der Waals surface area (Å²) < 4.78 is 7.88. The van der Waals surface area contributed by atoms with Gasteiger partial charge in [-0.05, 0) is 54.9 Å². The first-order chi connectivity index (χ1) is 17.3. The minimum absolute atomic E-state index is 0.271. The number of benzene rings is 2. The number of nitrogens with zero attached hydrogens (tertiary/aromatic N) is 4. The van der Waals surface area contributed by atoms with E-state index in [1.807, 2.05) is 70.2 Å². The lowest BCUT2D eigenvalue weighted by Crippen LogP contribution is -2.57. The lowest BCUT2D eigenvalue weighted by Gasteiger charge is -2.45. The van der Waals surface area contributed by atoms with Gasteiger partial charge in [-0.15, -0.1) is 0 Å². The number of para-hydroxylation sites is 2. The van der Waals surface area contributed by atoms with Crippen molar-refractivity contribution in [2.75, 3.05) is 44.3 Å². The summed E-state index contributed by atoms with van der Waals surface area (Å²) in [6, 6.07) is 20.1. The Bertz CT molecular complexity index is 1040. The van der Waals surface area contributed by atoms with Crippen molar-refractivity contribution in [3.8, 4) is 5.69 Å². The van der Waals surface area contributed by atoms with Crippen molar-refractivity contribution >= 4 is 39.5 Å². The molecule has 7 heteroatoms. The molecule has 2 aliphatic heterocycles. The molecular weight excluding hydrogens is 551 g/mol. The molecule has 0 N–H and O–H groups in total. The van der Waals surface area contributed by atoms with Crippen LogP contribution in [0.5, 0.6) is 0 Å². The summed E-state index contributed by atoms with van der Waals surface area (Å²) in [6.45, 7) is 5.44. The number of hydrazine groups is 2. The fourth-order valence-corrected chi connectivity index (χ4v) is 5.13. The molecule has 0 atom stereocenters. The van der Waals surface area contributed by atoms with Gasteiger partial charge in [0.2, 0.25) is 0 Å². The topological polar surface area (TPSA) is 41.0 Å². The Hall–Kier alpha value is -1.94. The van der Waals surface area contributed by atoms with Crippen molar-refractivity contribution in [3.63, 3.8) is 0 Å². The molecule has 0 bridgehead atoms. The van der Waals surface area contributed by atoms with Crippen molar-refractivity contribution in [2.24, 2.45) is 0 Å². The average molecular weight is 589 g/mol. The first kappa shape index (κ1) is 26.1. The number of aromatic nitrogens is 1. The average Bonchev–Trinajstić information content (AvgIpc) is 3.33. The minimum Gasteiger partial charge on any atom is -0.460 e. The summed E-state index contributed by atoms with van der Waals surface area (Å²) in [5, 5.41) is 8.34. The number of ether oxygens (including phenoxy) is 1. The normalized spacial score (nSPS) is 17.2. The maximum Gasteiger partial charge on any atom is 0.355 e. The highest BCUT2D eigenvalue weighted by Crippen LogP contribution is 2.25. The van der Waals surface area contributed by atoms with E-state index in [1.54, 1.807) is 0 Å². The van der Waals surface area contributed by atoms with E-state index in [9.17, 15) is 4.79 Å². The second kappa shape index (κ2) is 13.4. The zero-order valence-electron chi connectivity index (χ0n) is 20.7. The predicted octanol–water partition coefficient (Wildman–Crippen LogP) is 5.94. The van der Waals surface area contributed by atoms with Gasteiger partial charge in [0.15, 0.2) is 0 Å². The second-order valence-electron chi connectivity index (χ2n) is 9.02. The standard InChI is InChI=1S/C27H34N4O2.CH3I/c32-27(26-22-23-12-6-7-15-25(23)31(26)24-13-4-1-5-14-24)33-21-20-30(28-16-8-2-9-17-28)29-18-10-3-11-19-29;1-2/h1,4-7,12-15,22H,2-3,8-11,16-21H2;1H3. The predicted molar refractivity (Wildman–Crippen MR) is 151 cm³/mol. The Kier molecular flexibility index (Phi) is 10.00. The summed E-state index contributed by atoms with van der Waals surface area (Å²) in [6.07, 6.45) is 7.57. The van der Waals surface area contributed by atoms with Crippen molar-refractivity contribution in [1.29, 1.82) is 0 Å². The summed E-state index contributed by atoms with van der Waals surface area (Å²) in [5.74, 6) is -0.271. The molecular formula is C28H37IN4O2. The van der Waals surface area contributed by atoms with Crippen molar-refractivity contribution in [1.82, 2.24) is 19.7 Å². The van der Waals surface area contributed by atoms with Crippen molar-refractivity contribution in [3.05, 3.63) is 66.4 Å². The van der Waals surface area contributed by atoms with Crippen LogP contribution in [0.2, 0.25) is 0 Å². The summed E-state index contributed by atoms with van der Waals surface area (Å²) in [7, 11) is 0. The molecule has 0 saturated carbocycles. The number of alkyl halides is 1. The van der Waals surface area contributed by atoms with Gasteiger partial charge in [0, 0.05) is 37.3 Å². The van der Waals surface area contributed by atoms with Gasteiger partial charge in [-0.25, -0.2) is 14.8 Å². The molecule has 0 unspecified atom stereocenters. The van der Waals surface area contributed by atoms with Crippen molar-refractivity contribution in [2.45, 2.75) is 38.5 Å². The number of carbonyl (C=O) groups is 1. The Morgan fingerprint density at radius 3 is 2.03 bits per heavy atom. The number of fused-ring (bicyclic) bond motifs is 1. The van der Waals surface area contributed by atoms with Gasteiger partial charge in [0.25, 0.3) is 0 Å². The highest BCUT2D eigenvalue weighted by Gasteiger charge is 2.26. The third-order valence-electron chi connectivity index (χ3n) is 6.78. The molecule has 0 aliphatic carbocycles. The van der Waals surface area contributed by atoms with Crippen LogP contribution >= 0.6 is 22.6 Å². The van der Waals surface area contributed by atoms with Gasteiger partial charge in [-0.2, -0.15) is 5.12 Å². The highest BCUT2D eigenvalue weighted by atomic mass is 127. The summed E-state index contributed by atoms with van der Waals surface area (Å²) >= 11 is 2.15. The Balaban J connectivity index is 0.00000141. The van der Waals surface area contributed by atoms with Gasteiger partial charge in [0.05, 0.1) is 12.1 Å². The SMILES string of the molecule is CI.O=C(OCCN(N1CCCCC1)N1CCCCC1)c1cc2ccccc2n1-c1ccccc1. The molecule has 5 rings (SSSR count). The molecule has 6 nitrogen and oxygen atoms in total. The summed E-state index contributed by atoms with van der Waals surface area (Å²) in [4.78, 5) is 15.2. The third-order valence-corrected chi connectivity index (χ3v) is 6.78. The molecule has 188 valence electrons. The van der Waals surface area contributed by atoms with Gasteiger partial charge in [-0.1, -0.05) is 71.8 Å². The van der Waals surface area contributed by atoms with Gasteiger partial charge in [-0.3, -0.25) is 0 Å². The number of carbonyl (C=O) groups excluding carboxylic acids is 1. The van der Waals surface area contributed by atoms with Crippen LogP contribution in [-0.4, -0.2) is 69.9 Å². The summed E-state index contributed by atoms with van der Waals surface area (Å²) in [5.41, 5.74) is 2.55. The highest BCUT2D eigenvalue weighted by molar-refractivity contribution is 14.1. The quantitative estimate of drug-likeness (QED) is 0.194. The molecule has 2 fully saturated rings. The van der Waals surface area contributed by atoms with Crippen LogP contribution in [0.25, 0.3) is 16.6 Å². The number of piperidine rings is 2. The second-order valence-corrected chi connectivity index (χ2v) is 9.02. The Labute approximate surface area is 222 Å². The molecule has 2 aromatic carbocycles. The van der Waals surface area contributed by atoms with E-state index in [2.05, 4.69) is 37.7 Å². The van der Waals surface area contributed by atoms with Crippen LogP contribution in [0.3, 0.4) is 0 Å².